The Kier molecular flexibility index (Phi) is 4.37. The monoisotopic (exact) mass is 266 g/mol. The molecule has 0 aliphatic carbocycles. The van der Waals surface area contributed by atoms with Gasteiger partial charge in [0.1, 0.15) is 0 Å². The molecule has 1 aromatic rings. The maximum atomic E-state index is 13.7. The first-order chi connectivity index (χ1) is 9.15. The molecule has 2 rings (SSSR count). The number of hydrogen-bond acceptors (Lipinski definition) is 3. The van der Waals surface area contributed by atoms with Gasteiger partial charge in [-0.3, -0.25) is 4.79 Å². The van der Waals surface area contributed by atoms with Crippen LogP contribution in [0.5, 0.6) is 5.75 Å². The summed E-state index contributed by atoms with van der Waals surface area (Å²) in [5.74, 6) is -0.643. The predicted molar refractivity (Wildman–Crippen MR) is 70.9 cm³/mol. The van der Waals surface area contributed by atoms with Crippen LogP contribution >= 0.6 is 0 Å². The number of halogens is 1. The molecule has 1 amide bonds. The van der Waals surface area contributed by atoms with E-state index in [1.165, 1.54) is 12.1 Å². The molecule has 0 spiro atoms. The zero-order valence-corrected chi connectivity index (χ0v) is 11.3. The lowest BCUT2D eigenvalue weighted by atomic mass is 10.1. The minimum Gasteiger partial charge on any atom is -0.490 e. The van der Waals surface area contributed by atoms with E-state index >= 15 is 0 Å². The highest BCUT2D eigenvalue weighted by Gasteiger charge is 2.26. The van der Waals surface area contributed by atoms with Gasteiger partial charge in [-0.15, -0.1) is 0 Å². The molecule has 0 aromatic heterocycles. The van der Waals surface area contributed by atoms with E-state index in [1.54, 1.807) is 24.9 Å². The van der Waals surface area contributed by atoms with E-state index in [1.807, 2.05) is 0 Å². The Balaban J connectivity index is 2.24. The van der Waals surface area contributed by atoms with Gasteiger partial charge in [0.05, 0.1) is 12.2 Å². The van der Waals surface area contributed by atoms with Crippen molar-refractivity contribution < 1.29 is 13.9 Å². The van der Waals surface area contributed by atoms with Crippen molar-refractivity contribution in [1.29, 1.82) is 0 Å². The molecule has 1 heterocycles. The number of hydrogen-bond donors (Lipinski definition) is 1. The van der Waals surface area contributed by atoms with Crippen LogP contribution in [0.2, 0.25) is 0 Å². The van der Waals surface area contributed by atoms with Crippen LogP contribution in [0.25, 0.3) is 0 Å². The summed E-state index contributed by atoms with van der Waals surface area (Å²) in [5.41, 5.74) is 0.288. The highest BCUT2D eigenvalue weighted by molar-refractivity contribution is 5.97. The van der Waals surface area contributed by atoms with Crippen LogP contribution in [-0.2, 0) is 0 Å². The summed E-state index contributed by atoms with van der Waals surface area (Å²) in [4.78, 5) is 14.1. The van der Waals surface area contributed by atoms with Crippen LogP contribution in [0.4, 0.5) is 4.39 Å². The molecule has 4 nitrogen and oxygen atoms in total. The third-order valence-electron chi connectivity index (χ3n) is 3.39. The van der Waals surface area contributed by atoms with E-state index in [0.717, 1.165) is 19.5 Å². The number of benzene rings is 1. The largest absolute Gasteiger partial charge is 0.490 e. The van der Waals surface area contributed by atoms with E-state index in [2.05, 4.69) is 5.32 Å². The molecule has 19 heavy (non-hydrogen) atoms. The van der Waals surface area contributed by atoms with Gasteiger partial charge in [0.2, 0.25) is 0 Å². The van der Waals surface area contributed by atoms with Crippen molar-refractivity contribution in [2.24, 2.45) is 0 Å². The fourth-order valence-corrected chi connectivity index (χ4v) is 2.29. The summed E-state index contributed by atoms with van der Waals surface area (Å²) in [6.45, 7) is 3.78. The SMILES string of the molecule is CCOc1c(F)cccc1C(=O)N(C)[C@H]1CCNC1. The van der Waals surface area contributed by atoms with Crippen LogP contribution < -0.4 is 10.1 Å². The lowest BCUT2D eigenvalue weighted by Crippen LogP contribution is -2.38. The molecule has 1 atom stereocenters. The van der Waals surface area contributed by atoms with Gasteiger partial charge in [0.15, 0.2) is 11.6 Å². The number of nitrogens with zero attached hydrogens (tertiary/aromatic N) is 1. The Bertz CT molecular complexity index is 459. The number of amides is 1. The Hall–Kier alpha value is -1.62. The molecule has 1 fully saturated rings. The van der Waals surface area contributed by atoms with Crippen LogP contribution in [0.15, 0.2) is 18.2 Å². The fourth-order valence-electron chi connectivity index (χ4n) is 2.29. The second-order valence-corrected chi connectivity index (χ2v) is 4.61. The number of rotatable bonds is 4. The molecular weight excluding hydrogens is 247 g/mol. The predicted octanol–water partition coefficient (Wildman–Crippen LogP) is 1.66. The summed E-state index contributed by atoms with van der Waals surface area (Å²) in [6, 6.07) is 4.60. The van der Waals surface area contributed by atoms with Crippen molar-refractivity contribution in [3.8, 4) is 5.75 Å². The topological polar surface area (TPSA) is 41.6 Å². The summed E-state index contributed by atoms with van der Waals surface area (Å²) in [7, 11) is 1.75. The van der Waals surface area contributed by atoms with Gasteiger partial charge < -0.3 is 15.0 Å². The highest BCUT2D eigenvalue weighted by Crippen LogP contribution is 2.25. The molecule has 1 saturated heterocycles. The first-order valence-electron chi connectivity index (χ1n) is 6.54. The van der Waals surface area contributed by atoms with E-state index in [9.17, 15) is 9.18 Å². The lowest BCUT2D eigenvalue weighted by molar-refractivity contribution is 0.0738. The molecular formula is C14H19FN2O2. The quantitative estimate of drug-likeness (QED) is 0.901. The molecule has 1 aliphatic heterocycles. The van der Waals surface area contributed by atoms with Crippen molar-refractivity contribution in [2.45, 2.75) is 19.4 Å². The zero-order valence-electron chi connectivity index (χ0n) is 11.3. The van der Waals surface area contributed by atoms with Gasteiger partial charge in [0.25, 0.3) is 5.91 Å². The Morgan fingerprint density at radius 1 is 1.58 bits per heavy atom. The van der Waals surface area contributed by atoms with Crippen LogP contribution in [0.3, 0.4) is 0 Å². The third-order valence-corrected chi connectivity index (χ3v) is 3.39. The van der Waals surface area contributed by atoms with Gasteiger partial charge in [-0.05, 0) is 32.0 Å². The molecule has 1 aliphatic rings. The van der Waals surface area contributed by atoms with Crippen LogP contribution in [0.1, 0.15) is 23.7 Å². The fraction of sp³-hybridized carbons (Fsp3) is 0.500. The van der Waals surface area contributed by atoms with Crippen molar-refractivity contribution in [1.82, 2.24) is 10.2 Å². The minimum absolute atomic E-state index is 0.0489. The number of ether oxygens (including phenoxy) is 1. The first-order valence-corrected chi connectivity index (χ1v) is 6.54. The van der Waals surface area contributed by atoms with Crippen molar-refractivity contribution in [2.75, 3.05) is 26.7 Å². The van der Waals surface area contributed by atoms with E-state index in [4.69, 9.17) is 4.74 Å². The smallest absolute Gasteiger partial charge is 0.257 e. The molecule has 0 bridgehead atoms. The number of carbonyl (C=O) groups is 1. The van der Waals surface area contributed by atoms with Crippen LogP contribution in [0, 0.1) is 5.82 Å². The van der Waals surface area contributed by atoms with Crippen molar-refractivity contribution in [3.63, 3.8) is 0 Å². The average Bonchev–Trinajstić information content (AvgIpc) is 2.93. The lowest BCUT2D eigenvalue weighted by Gasteiger charge is -2.24. The maximum Gasteiger partial charge on any atom is 0.257 e. The number of carbonyl (C=O) groups excluding carboxylic acids is 1. The van der Waals surface area contributed by atoms with Gasteiger partial charge in [-0.25, -0.2) is 4.39 Å². The maximum absolute atomic E-state index is 13.7. The van der Waals surface area contributed by atoms with Gasteiger partial charge in [-0.2, -0.15) is 0 Å². The zero-order chi connectivity index (χ0) is 13.8. The van der Waals surface area contributed by atoms with E-state index in [-0.39, 0.29) is 23.3 Å². The number of nitrogens with one attached hydrogen (secondary N) is 1. The Morgan fingerprint density at radius 3 is 3.00 bits per heavy atom. The standard InChI is InChI=1S/C14H19FN2O2/c1-3-19-13-11(5-4-6-12(13)15)14(18)17(2)10-7-8-16-9-10/h4-6,10,16H,3,7-9H2,1-2H3/t10-/m0/s1. The molecule has 1 N–H and O–H groups in total. The summed E-state index contributed by atoms with van der Waals surface area (Å²) < 4.78 is 19.0. The molecule has 1 aromatic carbocycles. The molecule has 0 saturated carbocycles. The van der Waals surface area contributed by atoms with Gasteiger partial charge in [-0.1, -0.05) is 6.07 Å². The van der Waals surface area contributed by atoms with Crippen LogP contribution in [-0.4, -0.2) is 43.6 Å². The average molecular weight is 266 g/mol. The van der Waals surface area contributed by atoms with Gasteiger partial charge >= 0.3 is 0 Å². The summed E-state index contributed by atoms with van der Waals surface area (Å²) in [5, 5.41) is 3.21. The first kappa shape index (κ1) is 13.8. The Morgan fingerprint density at radius 2 is 2.37 bits per heavy atom. The molecule has 104 valence electrons. The van der Waals surface area contributed by atoms with Crippen molar-refractivity contribution >= 4 is 5.91 Å². The summed E-state index contributed by atoms with van der Waals surface area (Å²) in [6.07, 6.45) is 0.918. The van der Waals surface area contributed by atoms with E-state index in [0.29, 0.717) is 6.61 Å². The number of para-hydroxylation sites is 1. The highest BCUT2D eigenvalue weighted by atomic mass is 19.1. The van der Waals surface area contributed by atoms with E-state index < -0.39 is 5.82 Å². The molecule has 5 heteroatoms. The van der Waals surface area contributed by atoms with Gasteiger partial charge in [0, 0.05) is 19.6 Å². The van der Waals surface area contributed by atoms with Crippen molar-refractivity contribution in [3.05, 3.63) is 29.6 Å². The second kappa shape index (κ2) is 6.02. The normalized spacial score (nSPS) is 18.4. The third kappa shape index (κ3) is 2.87. The number of likely N-dealkylation sites (N-methyl/N-ethyl adjacent to an activating group) is 1. The summed E-state index contributed by atoms with van der Waals surface area (Å²) >= 11 is 0. The molecule has 0 radical (unpaired) electrons. The molecule has 0 unspecified atom stereocenters. The Labute approximate surface area is 112 Å². The second-order valence-electron chi connectivity index (χ2n) is 4.61. The minimum atomic E-state index is -0.495.